The standard InChI is InChI=1S/C15H23NO3/c1-2-8-17-9-7-16-6-5-13-3-4-14-15(12-13)19-11-10-18-14/h3-4,12,16H,2,5-11H2,1H3. The Morgan fingerprint density at radius 2 is 1.95 bits per heavy atom. The molecule has 0 unspecified atom stereocenters. The zero-order valence-electron chi connectivity index (χ0n) is 11.6. The molecule has 0 fully saturated rings. The Balaban J connectivity index is 1.66. The Morgan fingerprint density at radius 3 is 2.79 bits per heavy atom. The molecule has 0 radical (unpaired) electrons. The second-order valence-corrected chi connectivity index (χ2v) is 4.59. The lowest BCUT2D eigenvalue weighted by Crippen LogP contribution is -2.22. The van der Waals surface area contributed by atoms with Crippen LogP contribution in [-0.4, -0.2) is 39.5 Å². The summed E-state index contributed by atoms with van der Waals surface area (Å²) in [6.07, 6.45) is 2.07. The van der Waals surface area contributed by atoms with Crippen molar-refractivity contribution in [3.63, 3.8) is 0 Å². The molecule has 0 amide bonds. The van der Waals surface area contributed by atoms with Gasteiger partial charge in [-0.05, 0) is 37.1 Å². The number of fused-ring (bicyclic) bond motifs is 1. The lowest BCUT2D eigenvalue weighted by Gasteiger charge is -2.18. The summed E-state index contributed by atoms with van der Waals surface area (Å²) in [5, 5.41) is 3.38. The third kappa shape index (κ3) is 4.73. The maximum absolute atomic E-state index is 5.57. The highest BCUT2D eigenvalue weighted by Crippen LogP contribution is 2.30. The average Bonchev–Trinajstić information content (AvgIpc) is 2.46. The maximum atomic E-state index is 5.57. The van der Waals surface area contributed by atoms with Gasteiger partial charge in [-0.2, -0.15) is 0 Å². The van der Waals surface area contributed by atoms with Gasteiger partial charge in [0.1, 0.15) is 13.2 Å². The van der Waals surface area contributed by atoms with Crippen LogP contribution in [0.1, 0.15) is 18.9 Å². The van der Waals surface area contributed by atoms with Gasteiger partial charge in [-0.15, -0.1) is 0 Å². The fourth-order valence-electron chi connectivity index (χ4n) is 1.99. The topological polar surface area (TPSA) is 39.7 Å². The average molecular weight is 265 g/mol. The summed E-state index contributed by atoms with van der Waals surface area (Å²) < 4.78 is 16.5. The van der Waals surface area contributed by atoms with Crippen molar-refractivity contribution in [2.45, 2.75) is 19.8 Å². The molecular weight excluding hydrogens is 242 g/mol. The molecule has 0 atom stereocenters. The maximum Gasteiger partial charge on any atom is 0.161 e. The summed E-state index contributed by atoms with van der Waals surface area (Å²) in [4.78, 5) is 0. The first-order valence-electron chi connectivity index (χ1n) is 7.07. The molecule has 1 N–H and O–H groups in total. The van der Waals surface area contributed by atoms with E-state index >= 15 is 0 Å². The molecule has 0 spiro atoms. The van der Waals surface area contributed by atoms with Crippen molar-refractivity contribution in [3.05, 3.63) is 23.8 Å². The monoisotopic (exact) mass is 265 g/mol. The van der Waals surface area contributed by atoms with Gasteiger partial charge in [0.25, 0.3) is 0 Å². The van der Waals surface area contributed by atoms with E-state index in [4.69, 9.17) is 14.2 Å². The molecule has 2 rings (SSSR count). The molecule has 106 valence electrons. The molecule has 0 aromatic heterocycles. The molecule has 19 heavy (non-hydrogen) atoms. The number of hydrogen-bond acceptors (Lipinski definition) is 4. The van der Waals surface area contributed by atoms with Crippen LogP contribution in [0.3, 0.4) is 0 Å². The van der Waals surface area contributed by atoms with Crippen molar-refractivity contribution in [2.24, 2.45) is 0 Å². The van der Waals surface area contributed by atoms with E-state index in [2.05, 4.69) is 24.4 Å². The Morgan fingerprint density at radius 1 is 1.11 bits per heavy atom. The summed E-state index contributed by atoms with van der Waals surface area (Å²) in [5.41, 5.74) is 1.27. The molecule has 0 bridgehead atoms. The number of hydrogen-bond donors (Lipinski definition) is 1. The normalized spacial score (nSPS) is 13.5. The quantitative estimate of drug-likeness (QED) is 0.730. The molecule has 0 saturated carbocycles. The second-order valence-electron chi connectivity index (χ2n) is 4.59. The SMILES string of the molecule is CCCOCCNCCc1ccc2c(c1)OCCO2. The van der Waals surface area contributed by atoms with E-state index in [1.54, 1.807) is 0 Å². The fourth-order valence-corrected chi connectivity index (χ4v) is 1.99. The molecule has 1 aliphatic rings. The molecule has 0 aliphatic carbocycles. The van der Waals surface area contributed by atoms with E-state index in [1.807, 2.05) is 6.07 Å². The van der Waals surface area contributed by atoms with Gasteiger partial charge in [-0.3, -0.25) is 0 Å². The zero-order valence-corrected chi connectivity index (χ0v) is 11.6. The van der Waals surface area contributed by atoms with Gasteiger partial charge in [0, 0.05) is 13.2 Å². The summed E-state index contributed by atoms with van der Waals surface area (Å²) in [7, 11) is 0. The summed E-state index contributed by atoms with van der Waals surface area (Å²) in [5.74, 6) is 1.73. The number of benzene rings is 1. The minimum atomic E-state index is 0.642. The van der Waals surface area contributed by atoms with Gasteiger partial charge in [-0.25, -0.2) is 0 Å². The Hall–Kier alpha value is -1.26. The first kappa shape index (κ1) is 14.2. The van der Waals surface area contributed by atoms with Gasteiger partial charge in [0.2, 0.25) is 0 Å². The highest BCUT2D eigenvalue weighted by atomic mass is 16.6. The number of nitrogens with one attached hydrogen (secondary N) is 1. The van der Waals surface area contributed by atoms with Crippen LogP contribution < -0.4 is 14.8 Å². The summed E-state index contributed by atoms with van der Waals surface area (Å²) in [6, 6.07) is 6.17. The first-order valence-corrected chi connectivity index (χ1v) is 7.07. The van der Waals surface area contributed by atoms with Crippen LogP contribution in [-0.2, 0) is 11.2 Å². The van der Waals surface area contributed by atoms with Crippen molar-refractivity contribution in [1.29, 1.82) is 0 Å². The van der Waals surface area contributed by atoms with Crippen LogP contribution in [0.2, 0.25) is 0 Å². The molecule has 1 aromatic rings. The molecule has 1 aliphatic heterocycles. The van der Waals surface area contributed by atoms with Crippen LogP contribution in [0.15, 0.2) is 18.2 Å². The van der Waals surface area contributed by atoms with Crippen molar-refractivity contribution >= 4 is 0 Å². The minimum Gasteiger partial charge on any atom is -0.486 e. The van der Waals surface area contributed by atoms with Crippen molar-refractivity contribution in [2.75, 3.05) is 39.5 Å². The predicted molar refractivity (Wildman–Crippen MR) is 75.1 cm³/mol. The molecule has 4 heteroatoms. The van der Waals surface area contributed by atoms with Crippen LogP contribution in [0.25, 0.3) is 0 Å². The largest absolute Gasteiger partial charge is 0.486 e. The molecule has 4 nitrogen and oxygen atoms in total. The number of rotatable bonds is 8. The third-order valence-corrected chi connectivity index (χ3v) is 2.97. The summed E-state index contributed by atoms with van der Waals surface area (Å²) in [6.45, 7) is 6.91. The van der Waals surface area contributed by atoms with E-state index in [-0.39, 0.29) is 0 Å². The Kier molecular flexibility index (Phi) is 5.98. The predicted octanol–water partition coefficient (Wildman–Crippen LogP) is 2.02. The van der Waals surface area contributed by atoms with E-state index < -0.39 is 0 Å². The van der Waals surface area contributed by atoms with E-state index in [0.29, 0.717) is 13.2 Å². The molecular formula is C15H23NO3. The highest BCUT2D eigenvalue weighted by Gasteiger charge is 2.11. The van der Waals surface area contributed by atoms with Crippen LogP contribution >= 0.6 is 0 Å². The van der Waals surface area contributed by atoms with Crippen molar-refractivity contribution in [3.8, 4) is 11.5 Å². The second kappa shape index (κ2) is 8.02. The van der Waals surface area contributed by atoms with E-state index in [9.17, 15) is 0 Å². The van der Waals surface area contributed by atoms with Crippen molar-refractivity contribution < 1.29 is 14.2 Å². The van der Waals surface area contributed by atoms with Gasteiger partial charge in [0.05, 0.1) is 6.61 Å². The lowest BCUT2D eigenvalue weighted by molar-refractivity contribution is 0.137. The third-order valence-electron chi connectivity index (χ3n) is 2.97. The van der Waals surface area contributed by atoms with Gasteiger partial charge in [-0.1, -0.05) is 13.0 Å². The Bertz CT molecular complexity index is 382. The van der Waals surface area contributed by atoms with Gasteiger partial charge >= 0.3 is 0 Å². The molecule has 0 saturated heterocycles. The highest BCUT2D eigenvalue weighted by molar-refractivity contribution is 5.43. The minimum absolute atomic E-state index is 0.642. The molecule has 1 heterocycles. The zero-order chi connectivity index (χ0) is 13.3. The van der Waals surface area contributed by atoms with Gasteiger partial charge < -0.3 is 19.5 Å². The summed E-state index contributed by atoms with van der Waals surface area (Å²) >= 11 is 0. The Labute approximate surface area is 115 Å². The van der Waals surface area contributed by atoms with Crippen LogP contribution in [0.5, 0.6) is 11.5 Å². The first-order chi connectivity index (χ1) is 9.40. The van der Waals surface area contributed by atoms with Crippen LogP contribution in [0.4, 0.5) is 0 Å². The lowest BCUT2D eigenvalue weighted by atomic mass is 10.1. The molecule has 1 aromatic carbocycles. The van der Waals surface area contributed by atoms with Crippen LogP contribution in [0, 0.1) is 0 Å². The van der Waals surface area contributed by atoms with Crippen molar-refractivity contribution in [1.82, 2.24) is 5.32 Å². The fraction of sp³-hybridized carbons (Fsp3) is 0.600. The van der Waals surface area contributed by atoms with Gasteiger partial charge in [0.15, 0.2) is 11.5 Å². The smallest absolute Gasteiger partial charge is 0.161 e. The van der Waals surface area contributed by atoms with E-state index in [1.165, 1.54) is 5.56 Å². The number of ether oxygens (including phenoxy) is 3. The van der Waals surface area contributed by atoms with E-state index in [0.717, 1.165) is 50.6 Å².